The molecule has 0 aromatic heterocycles. The number of nitrogens with zero attached hydrogens (tertiary/aromatic N) is 4. The van der Waals surface area contributed by atoms with Crippen LogP contribution in [0.5, 0.6) is 0 Å². The number of hydrogen-bond acceptors (Lipinski definition) is 6. The molecular weight excluding hydrogens is 413 g/mol. The monoisotopic (exact) mass is 437 g/mol. The van der Waals surface area contributed by atoms with Crippen molar-refractivity contribution in [1.82, 2.24) is 4.90 Å². The van der Waals surface area contributed by atoms with Crippen LogP contribution in [0, 0.1) is 27.3 Å². The first-order valence-corrected chi connectivity index (χ1v) is 10.7. The Labute approximate surface area is 185 Å². The van der Waals surface area contributed by atoms with Crippen molar-refractivity contribution in [2.75, 3.05) is 36.4 Å². The van der Waals surface area contributed by atoms with Crippen LogP contribution < -0.4 is 10.2 Å². The minimum Gasteiger partial charge on any atom is -0.381 e. The van der Waals surface area contributed by atoms with E-state index in [1.807, 2.05) is 11.0 Å². The summed E-state index contributed by atoms with van der Waals surface area (Å²) in [7, 11) is 0. The first kappa shape index (κ1) is 21.6. The first-order valence-electron chi connectivity index (χ1n) is 10.7. The van der Waals surface area contributed by atoms with Gasteiger partial charge in [-0.1, -0.05) is 0 Å². The lowest BCUT2D eigenvalue weighted by Gasteiger charge is -2.35. The van der Waals surface area contributed by atoms with E-state index in [0.29, 0.717) is 37.6 Å². The summed E-state index contributed by atoms with van der Waals surface area (Å²) in [4.78, 5) is 27.4. The molecular formula is C23H24FN5O3. The number of nitrogens with one attached hydrogen (secondary N) is 1. The number of carbonyl (C=O) groups excluding carboxylic acids is 1. The maximum atomic E-state index is 14.5. The van der Waals surface area contributed by atoms with Crippen molar-refractivity contribution in [1.29, 1.82) is 5.26 Å². The lowest BCUT2D eigenvalue weighted by atomic mass is 10.0. The topological polar surface area (TPSA) is 103 Å². The van der Waals surface area contributed by atoms with Gasteiger partial charge in [0.25, 0.3) is 11.6 Å². The Bertz CT molecular complexity index is 1080. The fraction of sp³-hybridized carbons (Fsp3) is 0.391. The number of nitro benzene ring substituents is 1. The Morgan fingerprint density at radius 2 is 1.94 bits per heavy atom. The number of amides is 1. The number of anilines is 2. The Hall–Kier alpha value is -3.67. The summed E-state index contributed by atoms with van der Waals surface area (Å²) in [5, 5.41) is 23.8. The van der Waals surface area contributed by atoms with Gasteiger partial charge in [-0.2, -0.15) is 5.26 Å². The number of hydrogen-bond donors (Lipinski definition) is 1. The molecule has 1 N–H and O–H groups in total. The minimum absolute atomic E-state index is 0.0185. The molecule has 2 heterocycles. The number of likely N-dealkylation sites (tertiary alicyclic amines) is 1. The van der Waals surface area contributed by atoms with Gasteiger partial charge in [0.15, 0.2) is 0 Å². The van der Waals surface area contributed by atoms with E-state index >= 15 is 0 Å². The van der Waals surface area contributed by atoms with Crippen LogP contribution in [0.1, 0.15) is 41.6 Å². The van der Waals surface area contributed by atoms with Gasteiger partial charge in [0.05, 0.1) is 22.2 Å². The zero-order valence-corrected chi connectivity index (χ0v) is 17.6. The largest absolute Gasteiger partial charge is 0.381 e. The quantitative estimate of drug-likeness (QED) is 0.562. The maximum absolute atomic E-state index is 14.5. The number of carbonyl (C=O) groups is 1. The molecule has 2 aliphatic heterocycles. The zero-order chi connectivity index (χ0) is 22.7. The van der Waals surface area contributed by atoms with E-state index < -0.39 is 10.7 Å². The highest BCUT2D eigenvalue weighted by Crippen LogP contribution is 2.28. The van der Waals surface area contributed by atoms with E-state index in [4.69, 9.17) is 5.26 Å². The molecule has 166 valence electrons. The molecule has 2 fully saturated rings. The minimum atomic E-state index is -0.525. The van der Waals surface area contributed by atoms with Gasteiger partial charge in [-0.25, -0.2) is 4.39 Å². The first-order chi connectivity index (χ1) is 15.5. The third-order valence-electron chi connectivity index (χ3n) is 6.03. The Kier molecular flexibility index (Phi) is 6.21. The molecule has 9 heteroatoms. The molecule has 0 aliphatic carbocycles. The summed E-state index contributed by atoms with van der Waals surface area (Å²) in [6, 6.07) is 10.9. The Morgan fingerprint density at radius 3 is 2.62 bits per heavy atom. The van der Waals surface area contributed by atoms with Crippen LogP contribution in [0.15, 0.2) is 36.4 Å². The summed E-state index contributed by atoms with van der Waals surface area (Å²) in [6.45, 7) is 2.46. The molecule has 4 rings (SSSR count). The van der Waals surface area contributed by atoms with Crippen molar-refractivity contribution in [3.63, 3.8) is 0 Å². The second-order valence-corrected chi connectivity index (χ2v) is 8.20. The van der Waals surface area contributed by atoms with Crippen LogP contribution >= 0.6 is 0 Å². The van der Waals surface area contributed by atoms with Crippen LogP contribution in [0.2, 0.25) is 0 Å². The van der Waals surface area contributed by atoms with Gasteiger partial charge in [0.2, 0.25) is 0 Å². The average Bonchev–Trinajstić information content (AvgIpc) is 3.33. The molecule has 32 heavy (non-hydrogen) atoms. The van der Waals surface area contributed by atoms with E-state index in [0.717, 1.165) is 25.7 Å². The van der Waals surface area contributed by atoms with Gasteiger partial charge >= 0.3 is 0 Å². The van der Waals surface area contributed by atoms with Crippen LogP contribution in [0.3, 0.4) is 0 Å². The third kappa shape index (κ3) is 4.49. The van der Waals surface area contributed by atoms with Gasteiger partial charge < -0.3 is 15.1 Å². The third-order valence-corrected chi connectivity index (χ3v) is 6.03. The number of rotatable bonds is 5. The molecule has 2 aromatic carbocycles. The van der Waals surface area contributed by atoms with Crippen LogP contribution in [0.25, 0.3) is 0 Å². The standard InChI is InChI=1S/C23H24FN5O3/c24-20-12-16(14-25)5-7-22(20)28-11-3-4-18(15-28)26-17-6-8-21(29(31)32)19(13-17)23(30)27-9-1-2-10-27/h5-8,12-13,18,26H,1-4,9-11,15H2. The second-order valence-electron chi connectivity index (χ2n) is 8.20. The van der Waals surface area contributed by atoms with Crippen LogP contribution in [0.4, 0.5) is 21.5 Å². The summed E-state index contributed by atoms with van der Waals surface area (Å²) in [6.07, 6.45) is 3.49. The highest BCUT2D eigenvalue weighted by atomic mass is 19.1. The molecule has 2 saturated heterocycles. The van der Waals surface area contributed by atoms with E-state index in [-0.39, 0.29) is 28.8 Å². The fourth-order valence-electron chi connectivity index (χ4n) is 4.43. The van der Waals surface area contributed by atoms with Crippen molar-refractivity contribution in [3.8, 4) is 6.07 Å². The highest BCUT2D eigenvalue weighted by Gasteiger charge is 2.28. The van der Waals surface area contributed by atoms with Crippen molar-refractivity contribution in [2.45, 2.75) is 31.7 Å². The summed E-state index contributed by atoms with van der Waals surface area (Å²) in [5.74, 6) is -0.749. The SMILES string of the molecule is N#Cc1ccc(N2CCCC(Nc3ccc([N+](=O)[O-])c(C(=O)N4CCCC4)c3)C2)c(F)c1. The van der Waals surface area contributed by atoms with E-state index in [1.54, 1.807) is 29.2 Å². The molecule has 2 aliphatic rings. The van der Waals surface area contributed by atoms with E-state index in [2.05, 4.69) is 5.32 Å². The molecule has 0 spiro atoms. The normalized spacial score (nSPS) is 18.3. The fourth-order valence-corrected chi connectivity index (χ4v) is 4.43. The molecule has 1 atom stereocenters. The summed E-state index contributed by atoms with van der Waals surface area (Å²) < 4.78 is 14.5. The molecule has 1 unspecified atom stereocenters. The Morgan fingerprint density at radius 1 is 1.16 bits per heavy atom. The van der Waals surface area contributed by atoms with Crippen LogP contribution in [-0.4, -0.2) is 48.0 Å². The van der Waals surface area contributed by atoms with Gasteiger partial charge in [-0.15, -0.1) is 0 Å². The van der Waals surface area contributed by atoms with Gasteiger partial charge in [-0.3, -0.25) is 14.9 Å². The van der Waals surface area contributed by atoms with Gasteiger partial charge in [0.1, 0.15) is 11.4 Å². The molecule has 8 nitrogen and oxygen atoms in total. The summed E-state index contributed by atoms with van der Waals surface area (Å²) in [5.41, 5.74) is 1.25. The maximum Gasteiger partial charge on any atom is 0.282 e. The number of benzene rings is 2. The lowest BCUT2D eigenvalue weighted by molar-refractivity contribution is -0.385. The van der Waals surface area contributed by atoms with E-state index in [1.165, 1.54) is 12.1 Å². The zero-order valence-electron chi connectivity index (χ0n) is 17.6. The number of piperidine rings is 1. The van der Waals surface area contributed by atoms with Crippen LogP contribution in [-0.2, 0) is 0 Å². The smallest absolute Gasteiger partial charge is 0.282 e. The Balaban J connectivity index is 1.52. The predicted molar refractivity (Wildman–Crippen MR) is 118 cm³/mol. The molecule has 0 radical (unpaired) electrons. The van der Waals surface area contributed by atoms with Gasteiger partial charge in [-0.05, 0) is 56.0 Å². The lowest BCUT2D eigenvalue weighted by Crippen LogP contribution is -2.42. The van der Waals surface area contributed by atoms with Crippen molar-refractivity contribution in [3.05, 3.63) is 63.5 Å². The molecule has 2 aromatic rings. The second kappa shape index (κ2) is 9.22. The summed E-state index contributed by atoms with van der Waals surface area (Å²) >= 11 is 0. The van der Waals surface area contributed by atoms with Crippen molar-refractivity contribution < 1.29 is 14.1 Å². The van der Waals surface area contributed by atoms with E-state index in [9.17, 15) is 19.3 Å². The van der Waals surface area contributed by atoms with Crippen molar-refractivity contribution in [2.24, 2.45) is 0 Å². The number of nitro groups is 1. The average molecular weight is 437 g/mol. The molecule has 0 bridgehead atoms. The molecule has 0 saturated carbocycles. The van der Waals surface area contributed by atoms with Gasteiger partial charge in [0, 0.05) is 44.0 Å². The predicted octanol–water partition coefficient (Wildman–Crippen LogP) is 3.92. The highest BCUT2D eigenvalue weighted by molar-refractivity contribution is 5.99. The number of nitriles is 1. The molecule has 1 amide bonds. The van der Waals surface area contributed by atoms with Crippen molar-refractivity contribution >= 4 is 23.0 Å². The number of halogens is 1.